The van der Waals surface area contributed by atoms with E-state index in [-0.39, 0.29) is 35.8 Å². The van der Waals surface area contributed by atoms with Crippen molar-refractivity contribution in [1.82, 2.24) is 4.90 Å². The Labute approximate surface area is 168 Å². The summed E-state index contributed by atoms with van der Waals surface area (Å²) in [6, 6.07) is 12.5. The SMILES string of the molecule is O=C1CN(CCc2ccc(F)cc2)[C@@H]2CS(=O)(=O)C[C@@H]2N1c1cccc(Cl)c1. The first-order valence-electron chi connectivity index (χ1n) is 9.09. The molecule has 28 heavy (non-hydrogen) atoms. The zero-order chi connectivity index (χ0) is 19.9. The number of carbonyl (C=O) groups is 1. The van der Waals surface area contributed by atoms with Crippen molar-refractivity contribution in [1.29, 1.82) is 0 Å². The van der Waals surface area contributed by atoms with E-state index in [4.69, 9.17) is 11.6 Å². The lowest BCUT2D eigenvalue weighted by atomic mass is 10.0. The van der Waals surface area contributed by atoms with Gasteiger partial charge in [-0.15, -0.1) is 0 Å². The molecule has 0 unspecified atom stereocenters. The summed E-state index contributed by atoms with van der Waals surface area (Å²) in [4.78, 5) is 16.5. The van der Waals surface area contributed by atoms with Crippen molar-refractivity contribution in [3.63, 3.8) is 0 Å². The van der Waals surface area contributed by atoms with Gasteiger partial charge in [-0.2, -0.15) is 0 Å². The number of halogens is 2. The number of sulfone groups is 1. The number of rotatable bonds is 4. The first-order chi connectivity index (χ1) is 13.3. The quantitative estimate of drug-likeness (QED) is 0.759. The topological polar surface area (TPSA) is 57.7 Å². The van der Waals surface area contributed by atoms with E-state index in [9.17, 15) is 17.6 Å². The van der Waals surface area contributed by atoms with Crippen molar-refractivity contribution in [3.8, 4) is 0 Å². The third-order valence-corrected chi connectivity index (χ3v) is 7.32. The smallest absolute Gasteiger partial charge is 0.241 e. The highest BCUT2D eigenvalue weighted by atomic mass is 35.5. The van der Waals surface area contributed by atoms with Gasteiger partial charge in [0.2, 0.25) is 5.91 Å². The summed E-state index contributed by atoms with van der Waals surface area (Å²) < 4.78 is 37.8. The zero-order valence-corrected chi connectivity index (χ0v) is 16.7. The fourth-order valence-corrected chi connectivity index (χ4v) is 6.25. The second kappa shape index (κ2) is 7.46. The predicted octanol–water partition coefficient (Wildman–Crippen LogP) is 2.54. The molecule has 2 fully saturated rings. The first-order valence-corrected chi connectivity index (χ1v) is 11.3. The van der Waals surface area contributed by atoms with Gasteiger partial charge in [0.05, 0.1) is 24.1 Å². The van der Waals surface area contributed by atoms with E-state index in [0.29, 0.717) is 23.7 Å². The summed E-state index contributed by atoms with van der Waals surface area (Å²) >= 11 is 6.07. The Kier molecular flexibility index (Phi) is 5.16. The van der Waals surface area contributed by atoms with E-state index in [2.05, 4.69) is 0 Å². The minimum Gasteiger partial charge on any atom is -0.306 e. The molecular weight excluding hydrogens is 403 g/mol. The number of piperazine rings is 1. The van der Waals surface area contributed by atoms with E-state index in [1.807, 2.05) is 4.90 Å². The minimum absolute atomic E-state index is 0.0332. The van der Waals surface area contributed by atoms with Gasteiger partial charge in [0.1, 0.15) is 5.82 Å². The number of carbonyl (C=O) groups excluding carboxylic acids is 1. The van der Waals surface area contributed by atoms with Crippen LogP contribution in [0.25, 0.3) is 0 Å². The number of hydrogen-bond donors (Lipinski definition) is 0. The Morgan fingerprint density at radius 2 is 1.79 bits per heavy atom. The van der Waals surface area contributed by atoms with E-state index in [1.54, 1.807) is 41.3 Å². The molecule has 0 aromatic heterocycles. The number of anilines is 1. The van der Waals surface area contributed by atoms with Gasteiger partial charge in [-0.05, 0) is 42.3 Å². The van der Waals surface area contributed by atoms with Crippen molar-refractivity contribution < 1.29 is 17.6 Å². The fourth-order valence-electron chi connectivity index (χ4n) is 4.09. The van der Waals surface area contributed by atoms with Gasteiger partial charge < -0.3 is 4.90 Å². The van der Waals surface area contributed by atoms with Gasteiger partial charge in [0.15, 0.2) is 9.84 Å². The van der Waals surface area contributed by atoms with Crippen molar-refractivity contribution >= 4 is 33.0 Å². The summed E-state index contributed by atoms with van der Waals surface area (Å²) in [6.45, 7) is 0.682. The second-order valence-corrected chi connectivity index (χ2v) is 9.89. The van der Waals surface area contributed by atoms with Crippen LogP contribution in [0.4, 0.5) is 10.1 Å². The fraction of sp³-hybridized carbons (Fsp3) is 0.350. The van der Waals surface area contributed by atoms with Crippen LogP contribution < -0.4 is 4.90 Å². The first kappa shape index (κ1) is 19.4. The van der Waals surface area contributed by atoms with Crippen LogP contribution in [0.15, 0.2) is 48.5 Å². The normalized spacial score (nSPS) is 24.4. The molecule has 0 bridgehead atoms. The van der Waals surface area contributed by atoms with E-state index >= 15 is 0 Å². The third kappa shape index (κ3) is 3.92. The Bertz CT molecular complexity index is 997. The van der Waals surface area contributed by atoms with Crippen LogP contribution in [0.2, 0.25) is 5.02 Å². The summed E-state index contributed by atoms with van der Waals surface area (Å²) in [5.41, 5.74) is 1.58. The minimum atomic E-state index is -3.24. The molecule has 0 aliphatic carbocycles. The van der Waals surface area contributed by atoms with Crippen molar-refractivity contribution in [3.05, 3.63) is 64.9 Å². The lowest BCUT2D eigenvalue weighted by Gasteiger charge is -2.43. The van der Waals surface area contributed by atoms with Crippen LogP contribution in [0, 0.1) is 5.82 Å². The van der Waals surface area contributed by atoms with E-state index < -0.39 is 15.9 Å². The average Bonchev–Trinajstić information content (AvgIpc) is 2.96. The maximum Gasteiger partial charge on any atom is 0.241 e. The highest BCUT2D eigenvalue weighted by Gasteiger charge is 2.49. The Hall–Kier alpha value is -1.96. The summed E-state index contributed by atoms with van der Waals surface area (Å²) in [7, 11) is -3.24. The van der Waals surface area contributed by atoms with Crippen LogP contribution in [-0.4, -0.2) is 55.9 Å². The van der Waals surface area contributed by atoms with Gasteiger partial charge in [0.25, 0.3) is 0 Å². The molecule has 2 aromatic rings. The van der Waals surface area contributed by atoms with Crippen LogP contribution in [0.5, 0.6) is 0 Å². The van der Waals surface area contributed by atoms with Crippen molar-refractivity contribution in [2.45, 2.75) is 18.5 Å². The van der Waals surface area contributed by atoms with Crippen LogP contribution in [-0.2, 0) is 21.1 Å². The summed E-state index contributed by atoms with van der Waals surface area (Å²) in [5.74, 6) is -0.454. The Morgan fingerprint density at radius 3 is 2.50 bits per heavy atom. The molecule has 0 radical (unpaired) electrons. The van der Waals surface area contributed by atoms with Crippen molar-refractivity contribution in [2.75, 3.05) is 29.5 Å². The molecule has 2 aromatic carbocycles. The molecule has 2 saturated heterocycles. The number of fused-ring (bicyclic) bond motifs is 1. The molecule has 148 valence electrons. The van der Waals surface area contributed by atoms with Gasteiger partial charge in [-0.25, -0.2) is 12.8 Å². The third-order valence-electron chi connectivity index (χ3n) is 5.39. The zero-order valence-electron chi connectivity index (χ0n) is 15.1. The number of amides is 1. The number of nitrogens with zero attached hydrogens (tertiary/aromatic N) is 2. The molecule has 1 amide bonds. The molecule has 2 aliphatic heterocycles. The molecule has 4 rings (SSSR count). The highest BCUT2D eigenvalue weighted by Crippen LogP contribution is 2.32. The van der Waals surface area contributed by atoms with Gasteiger partial charge in [-0.3, -0.25) is 9.69 Å². The van der Waals surface area contributed by atoms with Crippen molar-refractivity contribution in [2.24, 2.45) is 0 Å². The molecule has 8 heteroatoms. The van der Waals surface area contributed by atoms with Crippen LogP contribution >= 0.6 is 11.6 Å². The molecule has 0 N–H and O–H groups in total. The van der Waals surface area contributed by atoms with Gasteiger partial charge >= 0.3 is 0 Å². The summed E-state index contributed by atoms with van der Waals surface area (Å²) in [5, 5.41) is 0.501. The van der Waals surface area contributed by atoms with E-state index in [1.165, 1.54) is 12.1 Å². The van der Waals surface area contributed by atoms with Gasteiger partial charge in [0, 0.05) is 23.3 Å². The Morgan fingerprint density at radius 1 is 1.07 bits per heavy atom. The monoisotopic (exact) mass is 422 g/mol. The molecule has 2 atom stereocenters. The van der Waals surface area contributed by atoms with E-state index in [0.717, 1.165) is 5.56 Å². The maximum atomic E-state index is 13.1. The summed E-state index contributed by atoms with van der Waals surface area (Å²) in [6.07, 6.45) is 0.619. The maximum absolute atomic E-state index is 13.1. The lowest BCUT2D eigenvalue weighted by molar-refractivity contribution is -0.123. The number of hydrogen-bond acceptors (Lipinski definition) is 4. The molecular formula is C20H20ClFN2O3S. The second-order valence-electron chi connectivity index (χ2n) is 7.30. The Balaban J connectivity index is 1.58. The molecule has 5 nitrogen and oxygen atoms in total. The largest absolute Gasteiger partial charge is 0.306 e. The average molecular weight is 423 g/mol. The number of benzene rings is 2. The van der Waals surface area contributed by atoms with Gasteiger partial charge in [-0.1, -0.05) is 29.8 Å². The lowest BCUT2D eigenvalue weighted by Crippen LogP contribution is -2.62. The molecule has 0 saturated carbocycles. The predicted molar refractivity (Wildman–Crippen MR) is 107 cm³/mol. The van der Waals surface area contributed by atoms with Crippen LogP contribution in [0.1, 0.15) is 5.56 Å². The molecule has 2 heterocycles. The standard InChI is InChI=1S/C20H20ClFN2O3S/c21-15-2-1-3-17(10-15)24-19-13-28(26,27)12-18(19)23(11-20(24)25)9-8-14-4-6-16(22)7-5-14/h1-7,10,18-19H,8-9,11-13H2/t18-,19+/m1/s1. The highest BCUT2D eigenvalue weighted by molar-refractivity contribution is 7.91. The van der Waals surface area contributed by atoms with Crippen LogP contribution in [0.3, 0.4) is 0 Å². The molecule has 0 spiro atoms. The molecule has 2 aliphatic rings.